The molecule has 0 atom stereocenters. The molecule has 2 aromatic rings. The van der Waals surface area contributed by atoms with E-state index >= 15 is 0 Å². The van der Waals surface area contributed by atoms with Crippen LogP contribution in [0.5, 0.6) is 0 Å². The molecule has 0 aliphatic heterocycles. The quantitative estimate of drug-likeness (QED) is 0.228. The van der Waals surface area contributed by atoms with Crippen molar-refractivity contribution >= 4 is 52.9 Å². The van der Waals surface area contributed by atoms with Crippen molar-refractivity contribution in [2.75, 3.05) is 0 Å². The molecule has 0 nitrogen and oxygen atoms in total. The summed E-state index contributed by atoms with van der Waals surface area (Å²) in [5.74, 6) is 0. The van der Waals surface area contributed by atoms with Crippen LogP contribution in [-0.2, 0) is 21.7 Å². The van der Waals surface area contributed by atoms with Gasteiger partial charge in [0.15, 0.2) is 0 Å². The summed E-state index contributed by atoms with van der Waals surface area (Å²) in [5.41, 5.74) is 0. The minimum absolute atomic E-state index is 0. The Morgan fingerprint density at radius 2 is 1.14 bits per heavy atom. The van der Waals surface area contributed by atoms with Crippen molar-refractivity contribution in [3.63, 3.8) is 0 Å². The normalized spacial score (nSPS) is 8.69. The first kappa shape index (κ1) is 46.9. The van der Waals surface area contributed by atoms with Crippen molar-refractivity contribution in [2.24, 2.45) is 0 Å². The Labute approximate surface area is 214 Å². The second kappa shape index (κ2) is 32.5. The van der Waals surface area contributed by atoms with Crippen LogP contribution in [0.3, 0.4) is 0 Å². The summed E-state index contributed by atoms with van der Waals surface area (Å²) in [4.78, 5) is 0. The van der Waals surface area contributed by atoms with Gasteiger partial charge in [-0.2, -0.15) is 6.08 Å². The first-order chi connectivity index (χ1) is 10.8. The molecular weight excluding hydrogens is 466 g/mol. The van der Waals surface area contributed by atoms with E-state index in [1.807, 2.05) is 24.3 Å². The predicted octanol–water partition coefficient (Wildman–Crippen LogP) is 7.38. The van der Waals surface area contributed by atoms with Gasteiger partial charge in [-0.25, -0.2) is 20.1 Å². The second-order valence-corrected chi connectivity index (χ2v) is 7.72. The number of rotatable bonds is 2. The maximum Gasteiger partial charge on any atom is 0.0213 e. The SMILES string of the molecule is C[SiH]C.Cl.Cl.[C-]1=CC=CC1.[CH2-]P(c1ccccc1)c1ccccc1.[CH3-].[CH3-].[CH3-].[CH3-].[Ti]. The molecule has 0 bridgehead atoms. The van der Waals surface area contributed by atoms with E-state index in [0.717, 1.165) is 15.9 Å². The molecular formula is C24H38Cl2PSiTi-6. The van der Waals surface area contributed by atoms with Crippen LogP contribution in [0, 0.1) is 42.4 Å². The summed E-state index contributed by atoms with van der Waals surface area (Å²) in [6.07, 6.45) is 10.0. The van der Waals surface area contributed by atoms with Gasteiger partial charge in [0.2, 0.25) is 0 Å². The summed E-state index contributed by atoms with van der Waals surface area (Å²) >= 11 is 0. The van der Waals surface area contributed by atoms with Crippen molar-refractivity contribution in [1.29, 1.82) is 0 Å². The Bertz CT molecular complexity index is 514. The first-order valence-corrected chi connectivity index (χ1v) is 11.3. The van der Waals surface area contributed by atoms with Crippen molar-refractivity contribution in [2.45, 2.75) is 19.5 Å². The van der Waals surface area contributed by atoms with Crippen LogP contribution in [0.4, 0.5) is 0 Å². The molecule has 0 aromatic heterocycles. The van der Waals surface area contributed by atoms with Gasteiger partial charge in [-0.05, 0) is 0 Å². The van der Waals surface area contributed by atoms with Gasteiger partial charge in [0, 0.05) is 31.2 Å². The van der Waals surface area contributed by atoms with Gasteiger partial charge < -0.3 is 36.4 Å². The molecule has 3 rings (SSSR count). The molecule has 1 aliphatic carbocycles. The zero-order valence-electron chi connectivity index (χ0n) is 18.8. The molecule has 29 heavy (non-hydrogen) atoms. The number of benzene rings is 2. The number of hydrogen-bond donors (Lipinski definition) is 0. The molecule has 2 aromatic carbocycles. The average molecular weight is 504 g/mol. The molecule has 0 saturated carbocycles. The van der Waals surface area contributed by atoms with Crippen LogP contribution < -0.4 is 10.6 Å². The summed E-state index contributed by atoms with van der Waals surface area (Å²) < 4.78 is 0. The van der Waals surface area contributed by atoms with Crippen LogP contribution in [-0.4, -0.2) is 9.52 Å². The molecule has 5 heteroatoms. The Kier molecular flexibility index (Phi) is 52.6. The topological polar surface area (TPSA) is 0 Å². The Balaban J connectivity index is -0.0000000566. The molecule has 0 amide bonds. The molecule has 0 heterocycles. The fraction of sp³-hybridized carbons (Fsp3) is 0.125. The van der Waals surface area contributed by atoms with Crippen LogP contribution in [0.2, 0.25) is 13.1 Å². The van der Waals surface area contributed by atoms with Gasteiger partial charge in [0.25, 0.3) is 0 Å². The molecule has 0 spiro atoms. The smallest absolute Gasteiger partial charge is 0.0213 e. The Hall–Kier alpha value is -0.139. The van der Waals surface area contributed by atoms with Gasteiger partial charge in [-0.1, -0.05) is 84.4 Å². The molecule has 1 radical (unpaired) electrons. The third-order valence-electron chi connectivity index (χ3n) is 2.72. The second-order valence-electron chi connectivity index (χ2n) is 4.68. The number of halogens is 2. The number of allylic oxidation sites excluding steroid dienone is 4. The van der Waals surface area contributed by atoms with Crippen LogP contribution in [0.25, 0.3) is 0 Å². The Morgan fingerprint density at radius 1 is 0.793 bits per heavy atom. The minimum atomic E-state index is -0.421. The molecule has 0 saturated heterocycles. The van der Waals surface area contributed by atoms with Gasteiger partial charge in [-0.15, -0.1) is 31.2 Å². The van der Waals surface area contributed by atoms with Crippen LogP contribution in [0.15, 0.2) is 78.9 Å². The zero-order valence-corrected chi connectivity index (χ0v) is 24.0. The van der Waals surface area contributed by atoms with Gasteiger partial charge in [0.1, 0.15) is 0 Å². The molecule has 0 fully saturated rings. The predicted molar refractivity (Wildman–Crippen MR) is 145 cm³/mol. The van der Waals surface area contributed by atoms with E-state index in [2.05, 4.69) is 80.4 Å². The van der Waals surface area contributed by atoms with Gasteiger partial charge >= 0.3 is 0 Å². The summed E-state index contributed by atoms with van der Waals surface area (Å²) in [6, 6.07) is 20.9. The summed E-state index contributed by atoms with van der Waals surface area (Å²) in [5, 5.41) is 2.66. The first-order valence-electron chi connectivity index (χ1n) is 7.46. The van der Waals surface area contributed by atoms with E-state index in [-0.39, 0.29) is 76.2 Å². The van der Waals surface area contributed by atoms with E-state index in [1.165, 1.54) is 10.6 Å². The minimum Gasteiger partial charge on any atom is -0.358 e. The van der Waals surface area contributed by atoms with Crippen LogP contribution in [0.1, 0.15) is 6.42 Å². The molecule has 1 aliphatic rings. The monoisotopic (exact) mass is 503 g/mol. The third kappa shape index (κ3) is 22.4. The Morgan fingerprint density at radius 3 is 1.34 bits per heavy atom. The van der Waals surface area contributed by atoms with Crippen molar-refractivity contribution in [3.05, 3.63) is 121 Å². The fourth-order valence-electron chi connectivity index (χ4n) is 1.71. The van der Waals surface area contributed by atoms with Crippen molar-refractivity contribution < 1.29 is 21.7 Å². The third-order valence-corrected chi connectivity index (χ3v) is 4.56. The number of hydrogen-bond acceptors (Lipinski definition) is 0. The maximum absolute atomic E-state index is 4.24. The van der Waals surface area contributed by atoms with E-state index in [0.29, 0.717) is 0 Å². The van der Waals surface area contributed by atoms with E-state index in [9.17, 15) is 0 Å². The fourth-order valence-corrected chi connectivity index (χ4v) is 3.07. The van der Waals surface area contributed by atoms with Gasteiger partial charge in [-0.3, -0.25) is 6.08 Å². The van der Waals surface area contributed by atoms with Crippen molar-refractivity contribution in [3.8, 4) is 0 Å². The molecule has 0 unspecified atom stereocenters. The van der Waals surface area contributed by atoms with E-state index in [4.69, 9.17) is 0 Å². The molecule has 167 valence electrons. The largest absolute Gasteiger partial charge is 0.358 e. The maximum atomic E-state index is 4.24. The van der Waals surface area contributed by atoms with Crippen LogP contribution >= 0.6 is 32.7 Å². The van der Waals surface area contributed by atoms with Crippen molar-refractivity contribution in [1.82, 2.24) is 0 Å². The summed E-state index contributed by atoms with van der Waals surface area (Å²) in [6.45, 7) is 8.66. The van der Waals surface area contributed by atoms with Gasteiger partial charge in [0.05, 0.1) is 0 Å². The average Bonchev–Trinajstić information content (AvgIpc) is 3.16. The van der Waals surface area contributed by atoms with E-state index in [1.54, 1.807) is 0 Å². The molecule has 0 N–H and O–H groups in total. The summed E-state index contributed by atoms with van der Waals surface area (Å²) in [7, 11) is 0.329. The zero-order chi connectivity index (χ0) is 16.0. The standard InChI is InChI=1S/C13H12P.C5H5.C2H7Si.4CH3.2ClH.Ti/c1-14(12-8-4-2-5-9-12)13-10-6-3-7-11-13;1-2-4-5-3-1;1-3-2;;;;;;;/h2-11H,1H2;1-3H,4H2;3H,1-2H3;4*1H3;2*1H;/q2*-1;;4*-1;;;. The van der Waals surface area contributed by atoms with E-state index < -0.39 is 7.92 Å².